The van der Waals surface area contributed by atoms with Crippen molar-refractivity contribution in [1.29, 1.82) is 0 Å². The summed E-state index contributed by atoms with van der Waals surface area (Å²) < 4.78 is 17.6. The van der Waals surface area contributed by atoms with Gasteiger partial charge in [0.2, 0.25) is 0 Å². The molecule has 1 aliphatic rings. The monoisotopic (exact) mass is 285 g/mol. The Morgan fingerprint density at radius 1 is 1.05 bits per heavy atom. The molecule has 1 aromatic carbocycles. The van der Waals surface area contributed by atoms with Crippen molar-refractivity contribution in [3.63, 3.8) is 0 Å². The molecule has 3 rings (SSSR count). The van der Waals surface area contributed by atoms with E-state index >= 15 is 0 Å². The summed E-state index contributed by atoms with van der Waals surface area (Å²) in [6, 6.07) is 7.78. The molecular weight excluding hydrogens is 265 g/mol. The van der Waals surface area contributed by atoms with Gasteiger partial charge in [-0.2, -0.15) is 0 Å². The van der Waals surface area contributed by atoms with Crippen LogP contribution in [0.4, 0.5) is 0 Å². The van der Waals surface area contributed by atoms with Crippen LogP contribution >= 0.6 is 0 Å². The first-order valence-electron chi connectivity index (χ1n) is 7.12. The summed E-state index contributed by atoms with van der Waals surface area (Å²) in [5.41, 5.74) is 1.18. The number of rotatable bonds is 2. The van der Waals surface area contributed by atoms with Crippen LogP contribution in [0.15, 0.2) is 30.5 Å². The summed E-state index contributed by atoms with van der Waals surface area (Å²) in [4.78, 5) is 4.39. The van der Waals surface area contributed by atoms with Crippen molar-refractivity contribution < 1.29 is 14.0 Å². The van der Waals surface area contributed by atoms with Crippen molar-refractivity contribution in [3.8, 4) is 5.75 Å². The summed E-state index contributed by atoms with van der Waals surface area (Å²) in [5, 5.41) is 0.996. The Bertz CT molecular complexity index is 668. The third-order valence-electron chi connectivity index (χ3n) is 4.49. The van der Waals surface area contributed by atoms with Crippen LogP contribution in [0.1, 0.15) is 27.7 Å². The standard InChI is InChI=1S/C16H20BNO3/c1-15(2)16(3,4)21-17(20-15)13-8-9-18-14-7-6-11(19-5)10-12(13)14/h6-10H,1-5H3. The fraction of sp³-hybridized carbons (Fsp3) is 0.438. The van der Waals surface area contributed by atoms with E-state index in [1.165, 1.54) is 0 Å². The maximum absolute atomic E-state index is 6.14. The molecule has 5 heteroatoms. The smallest absolute Gasteiger partial charge is 0.495 e. The summed E-state index contributed by atoms with van der Waals surface area (Å²) >= 11 is 0. The van der Waals surface area contributed by atoms with E-state index in [1.807, 2.05) is 24.3 Å². The first-order chi connectivity index (χ1) is 9.84. The topological polar surface area (TPSA) is 40.6 Å². The maximum Gasteiger partial charge on any atom is 0.495 e. The first-order valence-corrected chi connectivity index (χ1v) is 7.12. The lowest BCUT2D eigenvalue weighted by Crippen LogP contribution is -2.41. The van der Waals surface area contributed by atoms with Crippen LogP contribution < -0.4 is 10.2 Å². The minimum absolute atomic E-state index is 0.355. The Labute approximate surface area is 125 Å². The second-order valence-electron chi connectivity index (χ2n) is 6.37. The van der Waals surface area contributed by atoms with Gasteiger partial charge in [-0.3, -0.25) is 4.98 Å². The number of aromatic nitrogens is 1. The van der Waals surface area contributed by atoms with Gasteiger partial charge in [0.1, 0.15) is 5.75 Å². The Balaban J connectivity index is 2.09. The first kappa shape index (κ1) is 14.4. The number of hydrogen-bond acceptors (Lipinski definition) is 4. The van der Waals surface area contributed by atoms with E-state index in [0.717, 1.165) is 22.1 Å². The zero-order valence-corrected chi connectivity index (χ0v) is 13.1. The predicted octanol–water partition coefficient (Wildman–Crippen LogP) is 2.54. The molecule has 2 heterocycles. The number of fused-ring (bicyclic) bond motifs is 1. The molecule has 21 heavy (non-hydrogen) atoms. The third-order valence-corrected chi connectivity index (χ3v) is 4.49. The summed E-state index contributed by atoms with van der Waals surface area (Å²) in [6.45, 7) is 8.21. The van der Waals surface area contributed by atoms with Crippen LogP contribution in [0.2, 0.25) is 0 Å². The molecule has 4 nitrogen and oxygen atoms in total. The highest BCUT2D eigenvalue weighted by molar-refractivity contribution is 6.65. The Morgan fingerprint density at radius 3 is 2.33 bits per heavy atom. The minimum atomic E-state index is -0.396. The fourth-order valence-electron chi connectivity index (χ4n) is 2.45. The van der Waals surface area contributed by atoms with Crippen LogP contribution in [0.25, 0.3) is 10.9 Å². The van der Waals surface area contributed by atoms with Crippen LogP contribution in [0, 0.1) is 0 Å². The number of nitrogens with zero attached hydrogens (tertiary/aromatic N) is 1. The van der Waals surface area contributed by atoms with Crippen LogP contribution in [0.3, 0.4) is 0 Å². The van der Waals surface area contributed by atoms with Gasteiger partial charge in [-0.1, -0.05) is 0 Å². The second-order valence-corrected chi connectivity index (χ2v) is 6.37. The Morgan fingerprint density at radius 2 is 1.71 bits per heavy atom. The van der Waals surface area contributed by atoms with Crippen molar-refractivity contribution in [3.05, 3.63) is 30.5 Å². The van der Waals surface area contributed by atoms with Crippen molar-refractivity contribution in [2.45, 2.75) is 38.9 Å². The number of methoxy groups -OCH3 is 1. The molecule has 0 bridgehead atoms. The van der Waals surface area contributed by atoms with E-state index in [-0.39, 0.29) is 11.2 Å². The molecule has 0 amide bonds. The van der Waals surface area contributed by atoms with Gasteiger partial charge in [-0.15, -0.1) is 0 Å². The van der Waals surface area contributed by atoms with Crippen LogP contribution in [0.5, 0.6) is 5.75 Å². The minimum Gasteiger partial charge on any atom is -0.497 e. The number of benzene rings is 1. The van der Waals surface area contributed by atoms with Crippen LogP contribution in [-0.2, 0) is 9.31 Å². The van der Waals surface area contributed by atoms with E-state index in [9.17, 15) is 0 Å². The normalized spacial score (nSPS) is 20.0. The summed E-state index contributed by atoms with van der Waals surface area (Å²) in [5.74, 6) is 0.799. The Hall–Kier alpha value is -1.59. The van der Waals surface area contributed by atoms with Gasteiger partial charge in [0.15, 0.2) is 0 Å². The molecular formula is C16H20BNO3. The highest BCUT2D eigenvalue weighted by Crippen LogP contribution is 2.37. The van der Waals surface area contributed by atoms with Gasteiger partial charge in [-0.25, -0.2) is 0 Å². The van der Waals surface area contributed by atoms with E-state index in [2.05, 4.69) is 32.7 Å². The Kier molecular flexibility index (Phi) is 3.22. The van der Waals surface area contributed by atoms with Crippen molar-refractivity contribution in [2.24, 2.45) is 0 Å². The largest absolute Gasteiger partial charge is 0.497 e. The average molecular weight is 285 g/mol. The van der Waals surface area contributed by atoms with Gasteiger partial charge in [0.25, 0.3) is 0 Å². The van der Waals surface area contributed by atoms with E-state index < -0.39 is 7.12 Å². The van der Waals surface area contributed by atoms with Gasteiger partial charge in [-0.05, 0) is 57.4 Å². The van der Waals surface area contributed by atoms with E-state index in [4.69, 9.17) is 14.0 Å². The highest BCUT2D eigenvalue weighted by atomic mass is 16.7. The quantitative estimate of drug-likeness (QED) is 0.795. The van der Waals surface area contributed by atoms with Crippen molar-refractivity contribution in [2.75, 3.05) is 7.11 Å². The van der Waals surface area contributed by atoms with Gasteiger partial charge in [0.05, 0.1) is 23.8 Å². The lowest BCUT2D eigenvalue weighted by atomic mass is 9.77. The molecule has 1 fully saturated rings. The van der Waals surface area contributed by atoms with E-state index in [0.29, 0.717) is 0 Å². The molecule has 1 aromatic heterocycles. The zero-order valence-electron chi connectivity index (χ0n) is 13.1. The van der Waals surface area contributed by atoms with Crippen molar-refractivity contribution in [1.82, 2.24) is 4.98 Å². The maximum atomic E-state index is 6.14. The highest BCUT2D eigenvalue weighted by Gasteiger charge is 2.52. The number of hydrogen-bond donors (Lipinski definition) is 0. The average Bonchev–Trinajstić information content (AvgIpc) is 2.66. The third kappa shape index (κ3) is 2.30. The molecule has 0 unspecified atom stereocenters. The second kappa shape index (κ2) is 4.72. The van der Waals surface area contributed by atoms with Gasteiger partial charge >= 0.3 is 7.12 Å². The van der Waals surface area contributed by atoms with Gasteiger partial charge < -0.3 is 14.0 Å². The molecule has 1 saturated heterocycles. The summed E-state index contributed by atoms with van der Waals surface area (Å²) in [7, 11) is 1.26. The zero-order chi connectivity index (χ0) is 15.3. The lowest BCUT2D eigenvalue weighted by Gasteiger charge is -2.32. The SMILES string of the molecule is COc1ccc2nccc(B3OC(C)(C)C(C)(C)O3)c2c1. The fourth-order valence-corrected chi connectivity index (χ4v) is 2.45. The molecule has 110 valence electrons. The molecule has 0 radical (unpaired) electrons. The van der Waals surface area contributed by atoms with Gasteiger partial charge in [0, 0.05) is 11.6 Å². The molecule has 2 aromatic rings. The molecule has 0 atom stereocenters. The number of pyridine rings is 1. The molecule has 0 saturated carbocycles. The predicted molar refractivity (Wildman–Crippen MR) is 84.0 cm³/mol. The van der Waals surface area contributed by atoms with E-state index in [1.54, 1.807) is 13.3 Å². The number of ether oxygens (including phenoxy) is 1. The lowest BCUT2D eigenvalue weighted by molar-refractivity contribution is 0.00578. The molecule has 0 spiro atoms. The van der Waals surface area contributed by atoms with Crippen LogP contribution in [-0.4, -0.2) is 30.4 Å². The molecule has 0 N–H and O–H groups in total. The molecule has 1 aliphatic heterocycles. The summed E-state index contributed by atoms with van der Waals surface area (Å²) in [6.07, 6.45) is 1.79. The van der Waals surface area contributed by atoms with Crippen molar-refractivity contribution >= 4 is 23.5 Å². The molecule has 0 aliphatic carbocycles.